The number of nitrogens with zero attached hydrogens (tertiary/aromatic N) is 1. The molecule has 28 heavy (non-hydrogen) atoms. The summed E-state index contributed by atoms with van der Waals surface area (Å²) in [6.45, 7) is 0. The summed E-state index contributed by atoms with van der Waals surface area (Å²) < 4.78 is 0. The molecule has 1 N–H and O–H groups in total. The number of carbonyl (C=O) groups is 2. The largest absolute Gasteiger partial charge is 0.351 e. The van der Waals surface area contributed by atoms with Gasteiger partial charge >= 0.3 is 0 Å². The molecule has 0 heterocycles. The lowest BCUT2D eigenvalue weighted by Crippen LogP contribution is -2.51. The molecule has 1 aromatic rings. The third-order valence-corrected chi connectivity index (χ3v) is 6.51. The Morgan fingerprint density at radius 1 is 0.964 bits per heavy atom. The van der Waals surface area contributed by atoms with E-state index in [1.807, 2.05) is 12.1 Å². The van der Waals surface area contributed by atoms with Gasteiger partial charge in [0.15, 0.2) is 0 Å². The van der Waals surface area contributed by atoms with Crippen molar-refractivity contribution in [1.82, 2.24) is 10.2 Å². The van der Waals surface area contributed by atoms with Crippen LogP contribution in [0.3, 0.4) is 0 Å². The second-order valence-electron chi connectivity index (χ2n) is 8.02. The van der Waals surface area contributed by atoms with E-state index >= 15 is 0 Å². The highest BCUT2D eigenvalue weighted by atomic mass is 35.5. The van der Waals surface area contributed by atoms with E-state index in [0.717, 1.165) is 56.9 Å². The Morgan fingerprint density at radius 2 is 1.54 bits per heavy atom. The lowest BCUT2D eigenvalue weighted by atomic mass is 9.91. The van der Waals surface area contributed by atoms with E-state index in [2.05, 4.69) is 5.32 Å². The molecule has 0 aliphatic heterocycles. The van der Waals surface area contributed by atoms with Crippen LogP contribution in [0.4, 0.5) is 0 Å². The summed E-state index contributed by atoms with van der Waals surface area (Å²) >= 11 is 12.0. The number of hydrogen-bond donors (Lipinski definition) is 1. The minimum absolute atomic E-state index is 0.0535. The zero-order valence-electron chi connectivity index (χ0n) is 16.3. The van der Waals surface area contributed by atoms with E-state index in [9.17, 15) is 9.59 Å². The first kappa shape index (κ1) is 21.4. The predicted octanol–water partition coefficient (Wildman–Crippen LogP) is 5.23. The van der Waals surface area contributed by atoms with Gasteiger partial charge in [-0.3, -0.25) is 9.59 Å². The Kier molecular flexibility index (Phi) is 8.04. The molecule has 2 saturated carbocycles. The van der Waals surface area contributed by atoms with Gasteiger partial charge in [0, 0.05) is 17.1 Å². The maximum Gasteiger partial charge on any atom is 0.247 e. The molecule has 2 amide bonds. The second-order valence-corrected chi connectivity index (χ2v) is 8.73. The maximum absolute atomic E-state index is 13.4. The summed E-state index contributed by atoms with van der Waals surface area (Å²) in [6, 6.07) is 6.85. The molecular weight excluding hydrogens is 395 g/mol. The van der Waals surface area contributed by atoms with Gasteiger partial charge in [0.25, 0.3) is 0 Å². The molecule has 0 aromatic heterocycles. The van der Waals surface area contributed by atoms with E-state index in [0.29, 0.717) is 5.02 Å². The molecule has 1 aromatic carbocycles. The maximum atomic E-state index is 13.4. The van der Waals surface area contributed by atoms with Crippen LogP contribution in [0.25, 0.3) is 0 Å². The van der Waals surface area contributed by atoms with Gasteiger partial charge < -0.3 is 10.2 Å². The molecule has 0 bridgehead atoms. The average Bonchev–Trinajstić information content (AvgIpc) is 2.73. The third kappa shape index (κ3) is 5.42. The first-order valence-electron chi connectivity index (χ1n) is 10.5. The fraction of sp³-hybridized carbons (Fsp3) is 0.636. The molecule has 4 nitrogen and oxygen atoms in total. The number of alkyl halides is 1. The summed E-state index contributed by atoms with van der Waals surface area (Å²) in [7, 11) is 0. The van der Waals surface area contributed by atoms with Crippen molar-refractivity contribution in [2.75, 3.05) is 5.88 Å². The van der Waals surface area contributed by atoms with E-state index in [1.165, 1.54) is 12.8 Å². The molecular formula is C22H30Cl2N2O2. The number of amides is 2. The Hall–Kier alpha value is -1.26. The van der Waals surface area contributed by atoms with Crippen molar-refractivity contribution in [2.24, 2.45) is 0 Å². The Morgan fingerprint density at radius 3 is 2.11 bits per heavy atom. The number of rotatable bonds is 6. The Labute approximate surface area is 177 Å². The highest BCUT2D eigenvalue weighted by Gasteiger charge is 2.37. The molecule has 154 valence electrons. The molecule has 0 saturated heterocycles. The zero-order chi connectivity index (χ0) is 19.9. The number of benzene rings is 1. The fourth-order valence-corrected chi connectivity index (χ4v) is 4.86. The molecule has 3 rings (SSSR count). The van der Waals surface area contributed by atoms with Crippen molar-refractivity contribution in [3.63, 3.8) is 0 Å². The molecule has 1 atom stereocenters. The van der Waals surface area contributed by atoms with Crippen LogP contribution in [0.1, 0.15) is 75.8 Å². The molecule has 2 aliphatic rings. The van der Waals surface area contributed by atoms with Crippen molar-refractivity contribution < 1.29 is 9.59 Å². The van der Waals surface area contributed by atoms with Crippen LogP contribution in [-0.4, -0.2) is 34.7 Å². The zero-order valence-corrected chi connectivity index (χ0v) is 17.9. The fourth-order valence-electron chi connectivity index (χ4n) is 4.60. The van der Waals surface area contributed by atoms with Crippen molar-refractivity contribution in [1.29, 1.82) is 0 Å². The summed E-state index contributed by atoms with van der Waals surface area (Å²) in [5.74, 6) is -0.386. The smallest absolute Gasteiger partial charge is 0.247 e. The van der Waals surface area contributed by atoms with Gasteiger partial charge in [0.2, 0.25) is 11.8 Å². The van der Waals surface area contributed by atoms with Crippen molar-refractivity contribution in [2.45, 2.75) is 82.3 Å². The minimum Gasteiger partial charge on any atom is -0.351 e. The topological polar surface area (TPSA) is 49.4 Å². The Balaban J connectivity index is 1.90. The van der Waals surface area contributed by atoms with Gasteiger partial charge in [-0.05, 0) is 43.4 Å². The number of halogens is 2. The van der Waals surface area contributed by atoms with Crippen molar-refractivity contribution in [3.05, 3.63) is 34.9 Å². The van der Waals surface area contributed by atoms with Gasteiger partial charge in [0.05, 0.1) is 0 Å². The van der Waals surface area contributed by atoms with Crippen LogP contribution in [0.5, 0.6) is 0 Å². The standard InChI is InChI=1S/C22H30Cl2N2O2/c23-15-20(27)26(19-9-5-2-6-10-19)21(16-11-13-17(24)14-12-16)22(28)25-18-7-3-1-4-8-18/h11-14,18-19,21H,1-10,15H2,(H,25,28). The number of nitrogens with one attached hydrogen (secondary N) is 1. The van der Waals surface area contributed by atoms with Crippen LogP contribution in [0.15, 0.2) is 24.3 Å². The molecule has 0 spiro atoms. The lowest BCUT2D eigenvalue weighted by Gasteiger charge is -2.40. The van der Waals surface area contributed by atoms with E-state index < -0.39 is 6.04 Å². The first-order chi connectivity index (χ1) is 13.6. The molecule has 1 unspecified atom stereocenters. The van der Waals surface area contributed by atoms with Crippen molar-refractivity contribution in [3.8, 4) is 0 Å². The van der Waals surface area contributed by atoms with E-state index in [1.54, 1.807) is 17.0 Å². The highest BCUT2D eigenvalue weighted by Crippen LogP contribution is 2.32. The van der Waals surface area contributed by atoms with Gasteiger partial charge in [-0.2, -0.15) is 0 Å². The van der Waals surface area contributed by atoms with E-state index in [-0.39, 0.29) is 29.8 Å². The van der Waals surface area contributed by atoms with E-state index in [4.69, 9.17) is 23.2 Å². The number of hydrogen-bond acceptors (Lipinski definition) is 2. The summed E-state index contributed by atoms with van der Waals surface area (Å²) in [5, 5.41) is 3.84. The lowest BCUT2D eigenvalue weighted by molar-refractivity contribution is -0.143. The van der Waals surface area contributed by atoms with Gasteiger partial charge in [-0.25, -0.2) is 0 Å². The summed E-state index contributed by atoms with van der Waals surface area (Å²) in [5.41, 5.74) is 0.793. The molecule has 2 fully saturated rings. The normalized spacial score (nSPS) is 19.8. The van der Waals surface area contributed by atoms with Crippen LogP contribution >= 0.6 is 23.2 Å². The Bertz CT molecular complexity index is 653. The van der Waals surface area contributed by atoms with Gasteiger partial charge in [-0.15, -0.1) is 11.6 Å². The predicted molar refractivity (Wildman–Crippen MR) is 114 cm³/mol. The van der Waals surface area contributed by atoms with Crippen LogP contribution in [0.2, 0.25) is 5.02 Å². The molecule has 0 radical (unpaired) electrons. The minimum atomic E-state index is -0.659. The second kappa shape index (κ2) is 10.5. The summed E-state index contributed by atoms with van der Waals surface area (Å²) in [6.07, 6.45) is 10.7. The SMILES string of the molecule is O=C(NC1CCCCC1)C(c1ccc(Cl)cc1)N(C(=O)CCl)C1CCCCC1. The first-order valence-corrected chi connectivity index (χ1v) is 11.4. The highest BCUT2D eigenvalue weighted by molar-refractivity contribution is 6.30. The quantitative estimate of drug-likeness (QED) is 0.635. The van der Waals surface area contributed by atoms with Crippen LogP contribution < -0.4 is 5.32 Å². The average molecular weight is 425 g/mol. The van der Waals surface area contributed by atoms with Crippen LogP contribution in [0, 0.1) is 0 Å². The monoisotopic (exact) mass is 424 g/mol. The molecule has 6 heteroatoms. The molecule has 2 aliphatic carbocycles. The summed E-state index contributed by atoms with van der Waals surface area (Å²) in [4.78, 5) is 28.1. The number of carbonyl (C=O) groups excluding carboxylic acids is 2. The third-order valence-electron chi connectivity index (χ3n) is 6.03. The van der Waals surface area contributed by atoms with Crippen LogP contribution in [-0.2, 0) is 9.59 Å². The van der Waals surface area contributed by atoms with Gasteiger partial charge in [-0.1, -0.05) is 62.3 Å². The van der Waals surface area contributed by atoms with Crippen molar-refractivity contribution >= 4 is 35.0 Å². The van der Waals surface area contributed by atoms with Gasteiger partial charge in [0.1, 0.15) is 11.9 Å².